The maximum absolute atomic E-state index is 6.51. The number of allylic oxidation sites excluding steroid dienone is 2. The molecule has 0 amide bonds. The van der Waals surface area contributed by atoms with Crippen molar-refractivity contribution in [2.75, 3.05) is 5.32 Å². The summed E-state index contributed by atoms with van der Waals surface area (Å²) in [6.07, 6.45) is 5.73. The maximum atomic E-state index is 6.51. The van der Waals surface area contributed by atoms with E-state index in [0.717, 1.165) is 12.0 Å². The molecule has 118 valence electrons. The van der Waals surface area contributed by atoms with E-state index in [1.165, 1.54) is 22.4 Å². The molecule has 0 unspecified atom stereocenters. The summed E-state index contributed by atoms with van der Waals surface area (Å²) in [6, 6.07) is 10.6. The van der Waals surface area contributed by atoms with Gasteiger partial charge >= 0.3 is 0 Å². The number of nitrogens with one attached hydrogen (secondary N) is 1. The number of benzene rings is 2. The summed E-state index contributed by atoms with van der Waals surface area (Å²) in [7, 11) is 0. The van der Waals surface area contributed by atoms with Crippen molar-refractivity contribution in [1.82, 2.24) is 0 Å². The summed E-state index contributed by atoms with van der Waals surface area (Å²) in [6.45, 7) is 4.36. The molecular formula is C20H19Cl2N. The average Bonchev–Trinajstić information content (AvgIpc) is 2.98. The van der Waals surface area contributed by atoms with Crippen LogP contribution in [0.4, 0.5) is 5.69 Å². The summed E-state index contributed by atoms with van der Waals surface area (Å²) in [5.41, 5.74) is 6.41. The van der Waals surface area contributed by atoms with Gasteiger partial charge in [0.05, 0.1) is 16.1 Å². The topological polar surface area (TPSA) is 12.0 Å². The van der Waals surface area contributed by atoms with Crippen molar-refractivity contribution in [3.8, 4) is 0 Å². The van der Waals surface area contributed by atoms with Crippen molar-refractivity contribution in [2.24, 2.45) is 5.92 Å². The van der Waals surface area contributed by atoms with E-state index in [0.29, 0.717) is 21.9 Å². The van der Waals surface area contributed by atoms with Crippen LogP contribution in [0, 0.1) is 19.8 Å². The van der Waals surface area contributed by atoms with Gasteiger partial charge in [0.1, 0.15) is 0 Å². The second-order valence-electron chi connectivity index (χ2n) is 6.66. The molecule has 2 aromatic carbocycles. The van der Waals surface area contributed by atoms with Gasteiger partial charge in [-0.15, -0.1) is 0 Å². The highest BCUT2D eigenvalue weighted by molar-refractivity contribution is 6.42. The van der Waals surface area contributed by atoms with Gasteiger partial charge in [0, 0.05) is 11.6 Å². The SMILES string of the molecule is Cc1cc(C)c2c(c1)N[C@H](c1cccc(Cl)c1Cl)[C@@H]1CC=C[C@@H]21. The van der Waals surface area contributed by atoms with Gasteiger partial charge in [-0.05, 0) is 60.6 Å². The van der Waals surface area contributed by atoms with Gasteiger partial charge in [-0.1, -0.05) is 53.6 Å². The summed E-state index contributed by atoms with van der Waals surface area (Å²) in [4.78, 5) is 0. The maximum Gasteiger partial charge on any atom is 0.0645 e. The molecule has 0 bridgehead atoms. The van der Waals surface area contributed by atoms with Crippen LogP contribution in [0.15, 0.2) is 42.5 Å². The summed E-state index contributed by atoms with van der Waals surface area (Å²) < 4.78 is 0. The largest absolute Gasteiger partial charge is 0.378 e. The second-order valence-corrected chi connectivity index (χ2v) is 7.45. The first kappa shape index (κ1) is 15.1. The highest BCUT2D eigenvalue weighted by atomic mass is 35.5. The van der Waals surface area contributed by atoms with E-state index in [4.69, 9.17) is 23.2 Å². The van der Waals surface area contributed by atoms with Crippen LogP contribution in [-0.2, 0) is 0 Å². The number of hydrogen-bond acceptors (Lipinski definition) is 1. The lowest BCUT2D eigenvalue weighted by molar-refractivity contribution is 0.424. The van der Waals surface area contributed by atoms with Crippen molar-refractivity contribution in [1.29, 1.82) is 0 Å². The molecule has 0 radical (unpaired) electrons. The molecule has 0 saturated heterocycles. The van der Waals surface area contributed by atoms with Crippen LogP contribution in [0.2, 0.25) is 10.0 Å². The fourth-order valence-electron chi connectivity index (χ4n) is 4.21. The molecule has 0 spiro atoms. The van der Waals surface area contributed by atoms with E-state index < -0.39 is 0 Å². The van der Waals surface area contributed by atoms with Crippen LogP contribution in [0.25, 0.3) is 0 Å². The van der Waals surface area contributed by atoms with Crippen molar-refractivity contribution >= 4 is 28.9 Å². The summed E-state index contributed by atoms with van der Waals surface area (Å²) >= 11 is 12.8. The zero-order valence-corrected chi connectivity index (χ0v) is 14.7. The number of anilines is 1. The fraction of sp³-hybridized carbons (Fsp3) is 0.300. The Kier molecular flexibility index (Phi) is 3.66. The van der Waals surface area contributed by atoms with Crippen LogP contribution in [0.1, 0.15) is 40.6 Å². The number of halogens is 2. The normalized spacial score (nSPS) is 25.0. The lowest BCUT2D eigenvalue weighted by atomic mass is 9.75. The molecule has 0 fully saturated rings. The van der Waals surface area contributed by atoms with Gasteiger partial charge in [0.25, 0.3) is 0 Å². The molecule has 0 saturated carbocycles. The first-order valence-corrected chi connectivity index (χ1v) is 8.80. The van der Waals surface area contributed by atoms with E-state index in [1.807, 2.05) is 12.1 Å². The molecule has 2 aliphatic rings. The van der Waals surface area contributed by atoms with Crippen LogP contribution >= 0.6 is 23.2 Å². The highest BCUT2D eigenvalue weighted by Gasteiger charge is 2.39. The minimum absolute atomic E-state index is 0.190. The first-order chi connectivity index (χ1) is 11.1. The molecule has 1 N–H and O–H groups in total. The lowest BCUT2D eigenvalue weighted by Crippen LogP contribution is -2.30. The minimum Gasteiger partial charge on any atom is -0.378 e. The minimum atomic E-state index is 0.190. The Bertz CT molecular complexity index is 810. The van der Waals surface area contributed by atoms with Crippen LogP contribution in [0.3, 0.4) is 0 Å². The number of fused-ring (bicyclic) bond motifs is 3. The van der Waals surface area contributed by atoms with Gasteiger partial charge < -0.3 is 5.32 Å². The molecular weight excluding hydrogens is 325 g/mol. The number of aryl methyl sites for hydroxylation is 2. The zero-order chi connectivity index (χ0) is 16.1. The molecule has 1 nitrogen and oxygen atoms in total. The van der Waals surface area contributed by atoms with E-state index in [1.54, 1.807) is 0 Å². The molecule has 2 aromatic rings. The summed E-state index contributed by atoms with van der Waals surface area (Å²) in [5.74, 6) is 0.937. The Labute approximate surface area is 147 Å². The van der Waals surface area contributed by atoms with E-state index in [9.17, 15) is 0 Å². The van der Waals surface area contributed by atoms with Crippen molar-refractivity contribution in [3.63, 3.8) is 0 Å². The van der Waals surface area contributed by atoms with E-state index >= 15 is 0 Å². The third-order valence-corrected chi connectivity index (χ3v) is 5.97. The molecule has 1 aliphatic carbocycles. The third-order valence-electron chi connectivity index (χ3n) is 5.13. The van der Waals surface area contributed by atoms with Gasteiger partial charge in [-0.25, -0.2) is 0 Å². The Morgan fingerprint density at radius 1 is 1.13 bits per heavy atom. The second kappa shape index (κ2) is 5.58. The molecule has 1 heterocycles. The first-order valence-electron chi connectivity index (χ1n) is 8.04. The zero-order valence-electron chi connectivity index (χ0n) is 13.2. The Balaban J connectivity index is 1.86. The molecule has 0 aromatic heterocycles. The van der Waals surface area contributed by atoms with Gasteiger partial charge in [0.15, 0.2) is 0 Å². The van der Waals surface area contributed by atoms with Gasteiger partial charge in [-0.3, -0.25) is 0 Å². The van der Waals surface area contributed by atoms with Crippen molar-refractivity contribution in [3.05, 3.63) is 74.8 Å². The molecule has 1 aliphatic heterocycles. The van der Waals surface area contributed by atoms with E-state index in [2.05, 4.69) is 49.5 Å². The van der Waals surface area contributed by atoms with Crippen molar-refractivity contribution in [2.45, 2.75) is 32.2 Å². The van der Waals surface area contributed by atoms with E-state index in [-0.39, 0.29) is 6.04 Å². The number of hydrogen-bond donors (Lipinski definition) is 1. The van der Waals surface area contributed by atoms with Crippen LogP contribution in [-0.4, -0.2) is 0 Å². The smallest absolute Gasteiger partial charge is 0.0645 e. The van der Waals surface area contributed by atoms with Crippen molar-refractivity contribution < 1.29 is 0 Å². The lowest BCUT2D eigenvalue weighted by Gasteiger charge is -2.39. The van der Waals surface area contributed by atoms with Crippen LogP contribution in [0.5, 0.6) is 0 Å². The molecule has 4 rings (SSSR count). The monoisotopic (exact) mass is 343 g/mol. The average molecular weight is 344 g/mol. The van der Waals surface area contributed by atoms with Gasteiger partial charge in [0.2, 0.25) is 0 Å². The Morgan fingerprint density at radius 2 is 1.96 bits per heavy atom. The number of rotatable bonds is 1. The quantitative estimate of drug-likeness (QED) is 0.587. The third kappa shape index (κ3) is 2.38. The van der Waals surface area contributed by atoms with Gasteiger partial charge in [-0.2, -0.15) is 0 Å². The highest BCUT2D eigenvalue weighted by Crippen LogP contribution is 2.52. The Morgan fingerprint density at radius 3 is 2.78 bits per heavy atom. The standard InChI is InChI=1S/C20H19Cl2N/c1-11-9-12(2)18-13-5-3-6-14(13)20(23-17(18)10-11)15-7-4-8-16(21)19(15)22/h3-5,7-10,13-14,20,23H,6H2,1-2H3/t13-,14-,20+/m1/s1. The molecule has 23 heavy (non-hydrogen) atoms. The fourth-order valence-corrected chi connectivity index (χ4v) is 4.64. The summed E-state index contributed by atoms with van der Waals surface area (Å²) in [5, 5.41) is 5.05. The van der Waals surface area contributed by atoms with Crippen LogP contribution < -0.4 is 5.32 Å². The predicted octanol–water partition coefficient (Wildman–Crippen LogP) is 6.44. The molecule has 3 atom stereocenters. The molecule has 3 heteroatoms. The predicted molar refractivity (Wildman–Crippen MR) is 98.7 cm³/mol. The Hall–Kier alpha value is -1.44.